The van der Waals surface area contributed by atoms with Gasteiger partial charge >= 0.3 is 0 Å². The van der Waals surface area contributed by atoms with E-state index in [1.165, 1.54) is 5.56 Å². The molecular weight excluding hydrogens is 214 g/mol. The van der Waals surface area contributed by atoms with Gasteiger partial charge in [0, 0.05) is 24.3 Å². The molecule has 1 aliphatic heterocycles. The number of benzene rings is 1. The summed E-state index contributed by atoms with van der Waals surface area (Å²) in [6.45, 7) is 7.41. The van der Waals surface area contributed by atoms with Crippen molar-refractivity contribution in [1.29, 1.82) is 0 Å². The predicted molar refractivity (Wildman–Crippen MR) is 68.3 cm³/mol. The van der Waals surface area contributed by atoms with E-state index in [0.717, 1.165) is 31.9 Å². The fraction of sp³-hybridized carbons (Fsp3) is 0.571. The molecule has 94 valence electrons. The number of rotatable bonds is 5. The van der Waals surface area contributed by atoms with Gasteiger partial charge in [-0.3, -0.25) is 0 Å². The van der Waals surface area contributed by atoms with Crippen molar-refractivity contribution in [1.82, 2.24) is 5.32 Å². The smallest absolute Gasteiger partial charge is 0.123 e. The van der Waals surface area contributed by atoms with E-state index in [2.05, 4.69) is 18.3 Å². The third kappa shape index (κ3) is 3.20. The summed E-state index contributed by atoms with van der Waals surface area (Å²) < 4.78 is 11.0. The first kappa shape index (κ1) is 12.4. The molecule has 0 bridgehead atoms. The Morgan fingerprint density at radius 2 is 2.24 bits per heavy atom. The average molecular weight is 235 g/mol. The molecule has 1 aromatic rings. The van der Waals surface area contributed by atoms with Crippen LogP contribution in [0.25, 0.3) is 0 Å². The molecule has 0 aliphatic carbocycles. The maximum Gasteiger partial charge on any atom is 0.123 e. The third-order valence-electron chi connectivity index (χ3n) is 3.20. The minimum Gasteiger partial charge on any atom is -0.494 e. The zero-order valence-corrected chi connectivity index (χ0v) is 10.7. The van der Waals surface area contributed by atoms with Crippen molar-refractivity contribution < 1.29 is 9.47 Å². The molecule has 1 N–H and O–H groups in total. The molecule has 3 nitrogen and oxygen atoms in total. The van der Waals surface area contributed by atoms with Crippen molar-refractivity contribution in [3.8, 4) is 5.75 Å². The molecule has 0 amide bonds. The molecular formula is C14H21NO2. The number of ether oxygens (including phenoxy) is 2. The van der Waals surface area contributed by atoms with Crippen LogP contribution in [0.1, 0.15) is 25.8 Å². The molecule has 1 unspecified atom stereocenters. The fourth-order valence-corrected chi connectivity index (χ4v) is 2.06. The summed E-state index contributed by atoms with van der Waals surface area (Å²) in [5.41, 5.74) is 1.32. The maximum absolute atomic E-state index is 5.61. The summed E-state index contributed by atoms with van der Waals surface area (Å²) in [6.07, 6.45) is 1.07. The van der Waals surface area contributed by atoms with Crippen LogP contribution in [0, 0.1) is 0 Å². The van der Waals surface area contributed by atoms with Crippen LogP contribution in [0.3, 0.4) is 0 Å². The maximum atomic E-state index is 5.61. The Hall–Kier alpha value is -1.06. The highest BCUT2D eigenvalue weighted by Crippen LogP contribution is 2.21. The van der Waals surface area contributed by atoms with Gasteiger partial charge in [-0.15, -0.1) is 0 Å². The van der Waals surface area contributed by atoms with Crippen LogP contribution in [-0.4, -0.2) is 25.4 Å². The molecule has 1 fully saturated rings. The minimum atomic E-state index is 0.110. The van der Waals surface area contributed by atoms with Crippen molar-refractivity contribution in [2.24, 2.45) is 0 Å². The molecule has 0 saturated carbocycles. The molecule has 0 radical (unpaired) electrons. The van der Waals surface area contributed by atoms with Gasteiger partial charge in [0.25, 0.3) is 0 Å². The van der Waals surface area contributed by atoms with Gasteiger partial charge < -0.3 is 14.8 Å². The summed E-state index contributed by atoms with van der Waals surface area (Å²) in [4.78, 5) is 0. The molecule has 1 aliphatic rings. The normalized spacial score (nSPS) is 23.9. The Morgan fingerprint density at radius 1 is 1.41 bits per heavy atom. The van der Waals surface area contributed by atoms with E-state index in [1.54, 1.807) is 0 Å². The van der Waals surface area contributed by atoms with Crippen LogP contribution >= 0.6 is 0 Å². The molecule has 2 rings (SSSR count). The second-order valence-corrected chi connectivity index (χ2v) is 4.76. The van der Waals surface area contributed by atoms with Crippen LogP contribution < -0.4 is 10.1 Å². The van der Waals surface area contributed by atoms with E-state index < -0.39 is 0 Å². The average Bonchev–Trinajstić information content (AvgIpc) is 2.76. The molecule has 17 heavy (non-hydrogen) atoms. The molecule has 3 heteroatoms. The second-order valence-electron chi connectivity index (χ2n) is 4.76. The highest BCUT2D eigenvalue weighted by molar-refractivity contribution is 5.33. The van der Waals surface area contributed by atoms with E-state index >= 15 is 0 Å². The van der Waals surface area contributed by atoms with Gasteiger partial charge in [0.15, 0.2) is 0 Å². The molecule has 0 aromatic heterocycles. The summed E-state index contributed by atoms with van der Waals surface area (Å²) in [5, 5.41) is 3.57. The van der Waals surface area contributed by atoms with Crippen LogP contribution in [0.4, 0.5) is 0 Å². The van der Waals surface area contributed by atoms with Crippen molar-refractivity contribution in [3.63, 3.8) is 0 Å². The zero-order chi connectivity index (χ0) is 12.1. The topological polar surface area (TPSA) is 30.5 Å². The lowest BCUT2D eigenvalue weighted by Crippen LogP contribution is -2.42. The van der Waals surface area contributed by atoms with Crippen molar-refractivity contribution in [3.05, 3.63) is 29.8 Å². The Bertz CT molecular complexity index is 359. The SMILES string of the molecule is CCOc1ccccc1CNC1(C)CCOC1. The number of para-hydroxylation sites is 1. The summed E-state index contributed by atoms with van der Waals surface area (Å²) in [5.74, 6) is 0.977. The quantitative estimate of drug-likeness (QED) is 0.850. The first-order valence-corrected chi connectivity index (χ1v) is 6.27. The van der Waals surface area contributed by atoms with E-state index in [-0.39, 0.29) is 5.54 Å². The molecule has 1 atom stereocenters. The molecule has 1 aromatic carbocycles. The number of nitrogens with one attached hydrogen (secondary N) is 1. The third-order valence-corrected chi connectivity index (χ3v) is 3.20. The summed E-state index contributed by atoms with van der Waals surface area (Å²) in [7, 11) is 0. The van der Waals surface area contributed by atoms with Crippen molar-refractivity contribution in [2.75, 3.05) is 19.8 Å². The predicted octanol–water partition coefficient (Wildman–Crippen LogP) is 2.35. The van der Waals surface area contributed by atoms with E-state index in [4.69, 9.17) is 9.47 Å². The highest BCUT2D eigenvalue weighted by Gasteiger charge is 2.28. The molecule has 1 saturated heterocycles. The van der Waals surface area contributed by atoms with Crippen LogP contribution in [0.15, 0.2) is 24.3 Å². The van der Waals surface area contributed by atoms with Crippen molar-refractivity contribution >= 4 is 0 Å². The molecule has 1 heterocycles. The number of hydrogen-bond acceptors (Lipinski definition) is 3. The van der Waals surface area contributed by atoms with E-state index in [1.807, 2.05) is 25.1 Å². The van der Waals surface area contributed by atoms with Crippen LogP contribution in [0.5, 0.6) is 5.75 Å². The first-order chi connectivity index (χ1) is 8.23. The largest absolute Gasteiger partial charge is 0.494 e. The lowest BCUT2D eigenvalue weighted by Gasteiger charge is -2.24. The second kappa shape index (κ2) is 5.52. The van der Waals surface area contributed by atoms with Crippen molar-refractivity contribution in [2.45, 2.75) is 32.4 Å². The van der Waals surface area contributed by atoms with Gasteiger partial charge in [-0.2, -0.15) is 0 Å². The van der Waals surface area contributed by atoms with Gasteiger partial charge in [0.1, 0.15) is 5.75 Å². The zero-order valence-electron chi connectivity index (χ0n) is 10.7. The fourth-order valence-electron chi connectivity index (χ4n) is 2.06. The Morgan fingerprint density at radius 3 is 2.94 bits per heavy atom. The lowest BCUT2D eigenvalue weighted by molar-refractivity contribution is 0.171. The Kier molecular flexibility index (Phi) is 4.02. The highest BCUT2D eigenvalue weighted by atomic mass is 16.5. The van der Waals surface area contributed by atoms with Gasteiger partial charge in [0.05, 0.1) is 13.2 Å². The Labute approximate surface area is 103 Å². The van der Waals surface area contributed by atoms with Gasteiger partial charge in [-0.05, 0) is 26.3 Å². The van der Waals surface area contributed by atoms with Gasteiger partial charge in [-0.25, -0.2) is 0 Å². The van der Waals surface area contributed by atoms with Crippen LogP contribution in [-0.2, 0) is 11.3 Å². The summed E-state index contributed by atoms with van der Waals surface area (Å²) in [6, 6.07) is 8.19. The first-order valence-electron chi connectivity index (χ1n) is 6.27. The Balaban J connectivity index is 1.98. The van der Waals surface area contributed by atoms with E-state index in [0.29, 0.717) is 6.61 Å². The number of hydrogen-bond donors (Lipinski definition) is 1. The molecule has 0 spiro atoms. The minimum absolute atomic E-state index is 0.110. The standard InChI is InChI=1S/C14H21NO2/c1-3-17-13-7-5-4-6-12(13)10-15-14(2)8-9-16-11-14/h4-7,15H,3,8-11H2,1-2H3. The summed E-state index contributed by atoms with van der Waals surface area (Å²) >= 11 is 0. The van der Waals surface area contributed by atoms with Crippen LogP contribution in [0.2, 0.25) is 0 Å². The lowest BCUT2D eigenvalue weighted by atomic mass is 10.0. The monoisotopic (exact) mass is 235 g/mol. The van der Waals surface area contributed by atoms with E-state index in [9.17, 15) is 0 Å². The van der Waals surface area contributed by atoms with Gasteiger partial charge in [-0.1, -0.05) is 18.2 Å². The van der Waals surface area contributed by atoms with Gasteiger partial charge in [0.2, 0.25) is 0 Å².